The van der Waals surface area contributed by atoms with E-state index >= 15 is 0 Å². The van der Waals surface area contributed by atoms with Crippen molar-refractivity contribution in [1.29, 1.82) is 0 Å². The molecule has 0 bridgehead atoms. The lowest BCUT2D eigenvalue weighted by Crippen LogP contribution is -2.25. The van der Waals surface area contributed by atoms with Gasteiger partial charge in [0.2, 0.25) is 5.78 Å². The smallest absolute Gasteiger partial charge is 0.316 e. The Hall–Kier alpha value is -2.82. The molecule has 1 aliphatic heterocycles. The fourth-order valence-corrected chi connectivity index (χ4v) is 2.39. The molecule has 0 unspecified atom stereocenters. The Labute approximate surface area is 146 Å². The van der Waals surface area contributed by atoms with Crippen LogP contribution in [0.3, 0.4) is 0 Å². The second kappa shape index (κ2) is 5.92. The SMILES string of the molecule is Cc1ccc(/C=C2\Oc3c(ccc(OC(=O)C(C)(C)C)c3C)C2=O)o1. The number of furan rings is 1. The molecule has 25 heavy (non-hydrogen) atoms. The van der Waals surface area contributed by atoms with Crippen LogP contribution >= 0.6 is 0 Å². The third-order valence-corrected chi connectivity index (χ3v) is 3.89. The van der Waals surface area contributed by atoms with E-state index in [1.807, 2.05) is 13.0 Å². The number of Topliss-reactive ketones (excluding diaryl/α,β-unsaturated/α-hetero) is 1. The average molecular weight is 340 g/mol. The van der Waals surface area contributed by atoms with Gasteiger partial charge in [0.1, 0.15) is 23.0 Å². The zero-order valence-electron chi connectivity index (χ0n) is 14.9. The topological polar surface area (TPSA) is 65.7 Å². The number of allylic oxidation sites excluding steroid dienone is 1. The molecule has 5 heteroatoms. The van der Waals surface area contributed by atoms with E-state index in [0.29, 0.717) is 28.4 Å². The quantitative estimate of drug-likeness (QED) is 0.458. The molecular weight excluding hydrogens is 320 g/mol. The first-order valence-corrected chi connectivity index (χ1v) is 8.03. The maximum absolute atomic E-state index is 12.5. The number of ketones is 1. The fraction of sp³-hybridized carbons (Fsp3) is 0.300. The minimum absolute atomic E-state index is 0.187. The van der Waals surface area contributed by atoms with Gasteiger partial charge in [0, 0.05) is 11.6 Å². The van der Waals surface area contributed by atoms with Crippen molar-refractivity contribution in [3.05, 3.63) is 52.7 Å². The lowest BCUT2D eigenvalue weighted by molar-refractivity contribution is -0.143. The molecule has 2 heterocycles. The number of fused-ring (bicyclic) bond motifs is 1. The zero-order valence-corrected chi connectivity index (χ0v) is 14.9. The molecule has 2 aromatic rings. The van der Waals surface area contributed by atoms with Crippen molar-refractivity contribution in [2.24, 2.45) is 5.41 Å². The Morgan fingerprint density at radius 1 is 1.12 bits per heavy atom. The highest BCUT2D eigenvalue weighted by Gasteiger charge is 2.32. The number of ether oxygens (including phenoxy) is 2. The van der Waals surface area contributed by atoms with Crippen LogP contribution in [-0.4, -0.2) is 11.8 Å². The largest absolute Gasteiger partial charge is 0.462 e. The van der Waals surface area contributed by atoms with Crippen LogP contribution in [0, 0.1) is 19.3 Å². The number of aryl methyl sites for hydroxylation is 1. The van der Waals surface area contributed by atoms with Crippen LogP contribution in [0.2, 0.25) is 0 Å². The number of hydrogen-bond acceptors (Lipinski definition) is 5. The molecular formula is C20H20O5. The van der Waals surface area contributed by atoms with Gasteiger partial charge in [0.25, 0.3) is 0 Å². The minimum atomic E-state index is -0.621. The Bertz CT molecular complexity index is 893. The molecule has 0 fully saturated rings. The van der Waals surface area contributed by atoms with Crippen molar-refractivity contribution in [2.75, 3.05) is 0 Å². The molecule has 3 rings (SSSR count). The van der Waals surface area contributed by atoms with Gasteiger partial charge in [-0.1, -0.05) is 0 Å². The van der Waals surface area contributed by atoms with Gasteiger partial charge in [-0.2, -0.15) is 0 Å². The summed E-state index contributed by atoms with van der Waals surface area (Å²) in [4.78, 5) is 24.6. The molecule has 0 amide bonds. The van der Waals surface area contributed by atoms with Crippen molar-refractivity contribution in [3.8, 4) is 11.5 Å². The average Bonchev–Trinajstić information content (AvgIpc) is 3.06. The summed E-state index contributed by atoms with van der Waals surface area (Å²) in [6, 6.07) is 6.82. The highest BCUT2D eigenvalue weighted by atomic mass is 16.5. The lowest BCUT2D eigenvalue weighted by atomic mass is 9.97. The van der Waals surface area contributed by atoms with Gasteiger partial charge in [0.05, 0.1) is 11.0 Å². The van der Waals surface area contributed by atoms with E-state index < -0.39 is 5.41 Å². The van der Waals surface area contributed by atoms with Crippen LogP contribution in [0.1, 0.15) is 48.2 Å². The summed E-state index contributed by atoms with van der Waals surface area (Å²) in [5, 5.41) is 0. The molecule has 0 atom stereocenters. The normalized spacial score (nSPS) is 15.2. The van der Waals surface area contributed by atoms with Gasteiger partial charge in [-0.05, 0) is 58.9 Å². The summed E-state index contributed by atoms with van der Waals surface area (Å²) in [5.74, 6) is 1.72. The maximum Gasteiger partial charge on any atom is 0.316 e. The highest BCUT2D eigenvalue weighted by molar-refractivity contribution is 6.14. The van der Waals surface area contributed by atoms with Crippen LogP contribution in [0.15, 0.2) is 34.4 Å². The Kier molecular flexibility index (Phi) is 4.03. The molecule has 0 saturated heterocycles. The molecule has 0 spiro atoms. The molecule has 0 aliphatic carbocycles. The van der Waals surface area contributed by atoms with Crippen LogP contribution in [0.5, 0.6) is 11.5 Å². The standard InChI is InChI=1S/C20H20O5/c1-11-6-7-13(23-11)10-16-17(21)14-8-9-15(12(2)18(14)24-16)25-19(22)20(3,4)5/h6-10H,1-5H3/b16-10-. The number of hydrogen-bond donors (Lipinski definition) is 0. The van der Waals surface area contributed by atoms with Crippen LogP contribution < -0.4 is 9.47 Å². The Balaban J connectivity index is 1.92. The minimum Gasteiger partial charge on any atom is -0.462 e. The Morgan fingerprint density at radius 2 is 1.84 bits per heavy atom. The third-order valence-electron chi connectivity index (χ3n) is 3.89. The molecule has 5 nitrogen and oxygen atoms in total. The summed E-state index contributed by atoms with van der Waals surface area (Å²) >= 11 is 0. The van der Waals surface area contributed by atoms with Gasteiger partial charge < -0.3 is 13.9 Å². The van der Waals surface area contributed by atoms with Gasteiger partial charge >= 0.3 is 5.97 Å². The van der Waals surface area contributed by atoms with Gasteiger partial charge in [0.15, 0.2) is 5.76 Å². The molecule has 1 aromatic carbocycles. The molecule has 0 saturated carbocycles. The zero-order chi connectivity index (χ0) is 18.4. The number of esters is 1. The van der Waals surface area contributed by atoms with Crippen molar-refractivity contribution in [1.82, 2.24) is 0 Å². The van der Waals surface area contributed by atoms with Crippen molar-refractivity contribution in [3.63, 3.8) is 0 Å². The predicted molar refractivity (Wildman–Crippen MR) is 92.6 cm³/mol. The highest BCUT2D eigenvalue weighted by Crippen LogP contribution is 2.39. The van der Waals surface area contributed by atoms with E-state index in [4.69, 9.17) is 13.9 Å². The molecule has 1 aromatic heterocycles. The summed E-state index contributed by atoms with van der Waals surface area (Å²) in [5.41, 5.74) is 0.440. The second-order valence-corrected chi connectivity index (χ2v) is 7.09. The second-order valence-electron chi connectivity index (χ2n) is 7.09. The van der Waals surface area contributed by atoms with E-state index in [2.05, 4.69) is 0 Å². The number of carbonyl (C=O) groups excluding carboxylic acids is 2. The number of benzene rings is 1. The fourth-order valence-electron chi connectivity index (χ4n) is 2.39. The molecule has 0 radical (unpaired) electrons. The van der Waals surface area contributed by atoms with Crippen LogP contribution in [0.4, 0.5) is 0 Å². The van der Waals surface area contributed by atoms with E-state index in [1.165, 1.54) is 0 Å². The van der Waals surface area contributed by atoms with Gasteiger partial charge in [-0.3, -0.25) is 9.59 Å². The van der Waals surface area contributed by atoms with E-state index in [0.717, 1.165) is 5.76 Å². The van der Waals surface area contributed by atoms with Crippen molar-refractivity contribution in [2.45, 2.75) is 34.6 Å². The van der Waals surface area contributed by atoms with Gasteiger partial charge in [-0.25, -0.2) is 0 Å². The van der Waals surface area contributed by atoms with E-state index in [1.54, 1.807) is 52.0 Å². The van der Waals surface area contributed by atoms with E-state index in [9.17, 15) is 9.59 Å². The number of rotatable bonds is 2. The van der Waals surface area contributed by atoms with E-state index in [-0.39, 0.29) is 17.5 Å². The summed E-state index contributed by atoms with van der Waals surface area (Å²) in [6.45, 7) is 8.93. The maximum atomic E-state index is 12.5. The lowest BCUT2D eigenvalue weighted by Gasteiger charge is -2.17. The summed E-state index contributed by atoms with van der Waals surface area (Å²) < 4.78 is 16.6. The number of carbonyl (C=O) groups is 2. The first kappa shape index (κ1) is 17.0. The molecule has 130 valence electrons. The van der Waals surface area contributed by atoms with Crippen LogP contribution in [0.25, 0.3) is 6.08 Å². The molecule has 0 N–H and O–H groups in total. The summed E-state index contributed by atoms with van der Waals surface area (Å²) in [7, 11) is 0. The van der Waals surface area contributed by atoms with Crippen molar-refractivity contribution >= 4 is 17.8 Å². The first-order chi connectivity index (χ1) is 11.7. The molecule has 1 aliphatic rings. The summed E-state index contributed by atoms with van der Waals surface area (Å²) in [6.07, 6.45) is 1.57. The van der Waals surface area contributed by atoms with Crippen molar-refractivity contribution < 1.29 is 23.5 Å². The monoisotopic (exact) mass is 340 g/mol. The first-order valence-electron chi connectivity index (χ1n) is 8.03. The third kappa shape index (κ3) is 3.22. The van der Waals surface area contributed by atoms with Gasteiger partial charge in [-0.15, -0.1) is 0 Å². The predicted octanol–water partition coefficient (Wildman–Crippen LogP) is 4.46. The van der Waals surface area contributed by atoms with Crippen LogP contribution in [-0.2, 0) is 4.79 Å². The Morgan fingerprint density at radius 3 is 2.44 bits per heavy atom.